The highest BCUT2D eigenvalue weighted by atomic mass is 35.5. The lowest BCUT2D eigenvalue weighted by Crippen LogP contribution is -2.14. The number of hydrogen-bond donors (Lipinski definition) is 1. The molecule has 7 heteroatoms. The van der Waals surface area contributed by atoms with Crippen LogP contribution in [0.25, 0.3) is 11.4 Å². The summed E-state index contributed by atoms with van der Waals surface area (Å²) in [5.74, 6) is 0.466. The van der Waals surface area contributed by atoms with Gasteiger partial charge in [0.05, 0.1) is 11.4 Å². The van der Waals surface area contributed by atoms with E-state index in [1.165, 1.54) is 0 Å². The van der Waals surface area contributed by atoms with Gasteiger partial charge < -0.3 is 5.73 Å². The zero-order chi connectivity index (χ0) is 11.3. The van der Waals surface area contributed by atoms with Gasteiger partial charge in [0.1, 0.15) is 11.0 Å². The molecule has 0 unspecified atom stereocenters. The van der Waals surface area contributed by atoms with Gasteiger partial charge in [-0.2, -0.15) is 5.10 Å². The number of hydrogen-bond acceptors (Lipinski definition) is 4. The maximum absolute atomic E-state index is 6.02. The summed E-state index contributed by atoms with van der Waals surface area (Å²) in [4.78, 5) is 8.11. The van der Waals surface area contributed by atoms with Crippen LogP contribution in [0.4, 0.5) is 5.82 Å². The molecule has 5 nitrogen and oxygen atoms in total. The molecule has 1 aliphatic heterocycles. The number of nitrogens with zero attached hydrogens (tertiary/aromatic N) is 4. The zero-order valence-corrected chi connectivity index (χ0v) is 9.63. The first-order chi connectivity index (χ1) is 7.65. The molecule has 0 aromatic carbocycles. The fourth-order valence-electron chi connectivity index (χ4n) is 1.88. The average molecular weight is 256 g/mol. The second kappa shape index (κ2) is 3.33. The topological polar surface area (TPSA) is 69.6 Å². The molecular weight excluding hydrogens is 249 g/mol. The summed E-state index contributed by atoms with van der Waals surface area (Å²) < 4.78 is 1.80. The molecule has 0 bridgehead atoms. The first kappa shape index (κ1) is 9.86. The summed E-state index contributed by atoms with van der Waals surface area (Å²) in [5, 5.41) is 4.70. The third kappa shape index (κ3) is 1.36. The van der Waals surface area contributed by atoms with Crippen LogP contribution in [0.2, 0.25) is 10.4 Å². The van der Waals surface area contributed by atoms with Gasteiger partial charge in [-0.15, -0.1) is 0 Å². The number of halogens is 2. The van der Waals surface area contributed by atoms with Crippen LogP contribution in [0.5, 0.6) is 0 Å². The Morgan fingerprint density at radius 3 is 2.94 bits per heavy atom. The summed E-state index contributed by atoms with van der Waals surface area (Å²) >= 11 is 11.8. The van der Waals surface area contributed by atoms with Crippen molar-refractivity contribution < 1.29 is 0 Å². The molecule has 0 spiro atoms. The Labute approximate surface area is 101 Å². The van der Waals surface area contributed by atoms with E-state index in [4.69, 9.17) is 28.9 Å². The lowest BCUT2D eigenvalue weighted by Gasteiger charge is -2.17. The Bertz CT molecular complexity index is 578. The molecule has 0 atom stereocenters. The van der Waals surface area contributed by atoms with Gasteiger partial charge in [-0.25, -0.2) is 9.97 Å². The van der Waals surface area contributed by atoms with Crippen molar-refractivity contribution in [3.63, 3.8) is 0 Å². The average Bonchev–Trinajstić information content (AvgIpc) is 2.58. The van der Waals surface area contributed by atoms with E-state index in [0.29, 0.717) is 11.0 Å². The van der Waals surface area contributed by atoms with Crippen molar-refractivity contribution in [1.29, 1.82) is 0 Å². The van der Waals surface area contributed by atoms with E-state index in [9.17, 15) is 0 Å². The second-order valence-electron chi connectivity index (χ2n) is 3.54. The molecule has 0 saturated heterocycles. The molecule has 0 amide bonds. The second-order valence-corrected chi connectivity index (χ2v) is 4.23. The summed E-state index contributed by atoms with van der Waals surface area (Å²) in [6.07, 6.45) is 0.736. The van der Waals surface area contributed by atoms with Crippen molar-refractivity contribution in [3.8, 4) is 11.4 Å². The summed E-state index contributed by atoms with van der Waals surface area (Å²) in [7, 11) is 0. The fourth-order valence-corrected chi connectivity index (χ4v) is 2.36. The smallest absolute Gasteiger partial charge is 0.224 e. The monoisotopic (exact) mass is 255 g/mol. The minimum atomic E-state index is 0.136. The lowest BCUT2D eigenvalue weighted by atomic mass is 10.1. The number of aryl methyl sites for hydroxylation is 1. The minimum Gasteiger partial charge on any atom is -0.382 e. The Kier molecular flexibility index (Phi) is 2.05. The van der Waals surface area contributed by atoms with Crippen LogP contribution in [0, 0.1) is 0 Å². The molecule has 0 fully saturated rings. The maximum Gasteiger partial charge on any atom is 0.224 e. The highest BCUT2D eigenvalue weighted by Crippen LogP contribution is 2.32. The number of nitrogen functional groups attached to an aromatic ring is 1. The Balaban J connectivity index is 2.30. The van der Waals surface area contributed by atoms with Crippen molar-refractivity contribution in [2.24, 2.45) is 0 Å². The maximum atomic E-state index is 6.02. The number of anilines is 1. The van der Waals surface area contributed by atoms with Gasteiger partial charge in [0.25, 0.3) is 0 Å². The van der Waals surface area contributed by atoms with E-state index in [1.807, 2.05) is 0 Å². The Morgan fingerprint density at radius 2 is 2.12 bits per heavy atom. The Hall–Kier alpha value is -1.33. The number of rotatable bonds is 0. The molecular formula is C9H7Cl2N5. The molecule has 2 aromatic rings. The van der Waals surface area contributed by atoms with Crippen molar-refractivity contribution in [1.82, 2.24) is 19.7 Å². The van der Waals surface area contributed by atoms with E-state index in [-0.39, 0.29) is 5.28 Å². The fraction of sp³-hybridized carbons (Fsp3) is 0.222. The molecule has 0 saturated carbocycles. The van der Waals surface area contributed by atoms with Crippen LogP contribution in [-0.2, 0) is 13.0 Å². The van der Waals surface area contributed by atoms with Crippen molar-refractivity contribution >= 4 is 29.0 Å². The van der Waals surface area contributed by atoms with Gasteiger partial charge in [0, 0.05) is 18.2 Å². The minimum absolute atomic E-state index is 0.136. The molecule has 16 heavy (non-hydrogen) atoms. The van der Waals surface area contributed by atoms with Gasteiger partial charge in [0.2, 0.25) is 5.28 Å². The van der Waals surface area contributed by atoms with Crippen LogP contribution in [0.3, 0.4) is 0 Å². The summed E-state index contributed by atoms with van der Waals surface area (Å²) in [6.45, 7) is 0.726. The van der Waals surface area contributed by atoms with Crippen LogP contribution in [0.15, 0.2) is 6.07 Å². The zero-order valence-electron chi connectivity index (χ0n) is 8.11. The highest BCUT2D eigenvalue weighted by Gasteiger charge is 2.22. The van der Waals surface area contributed by atoms with Gasteiger partial charge in [-0.05, 0) is 18.0 Å². The first-order valence-corrected chi connectivity index (χ1v) is 5.46. The summed E-state index contributed by atoms with van der Waals surface area (Å²) in [5.41, 5.74) is 8.11. The molecule has 0 aliphatic carbocycles. The third-order valence-electron chi connectivity index (χ3n) is 2.54. The molecule has 3 heterocycles. The van der Waals surface area contributed by atoms with Crippen molar-refractivity contribution in [3.05, 3.63) is 22.1 Å². The molecule has 2 N–H and O–H groups in total. The standard InChI is InChI=1S/C9H7Cl2N5/c10-8-4-1-2-16-5(3-6(12)15-16)7(4)13-9(11)14-8/h3H,1-2H2,(H2,12,15). The largest absolute Gasteiger partial charge is 0.382 e. The van der Waals surface area contributed by atoms with E-state index in [2.05, 4.69) is 15.1 Å². The number of fused-ring (bicyclic) bond motifs is 3. The lowest BCUT2D eigenvalue weighted by molar-refractivity contribution is 0.604. The SMILES string of the molecule is Nc1cc2n(n1)CCc1c(Cl)nc(Cl)nc1-2. The molecule has 1 aliphatic rings. The number of aromatic nitrogens is 4. The van der Waals surface area contributed by atoms with Crippen LogP contribution in [0.1, 0.15) is 5.56 Å². The molecule has 2 aromatic heterocycles. The molecule has 82 valence electrons. The molecule has 3 rings (SSSR count). The van der Waals surface area contributed by atoms with Crippen LogP contribution < -0.4 is 5.73 Å². The first-order valence-electron chi connectivity index (χ1n) is 4.71. The van der Waals surface area contributed by atoms with E-state index in [1.54, 1.807) is 10.7 Å². The van der Waals surface area contributed by atoms with Gasteiger partial charge in [0.15, 0.2) is 0 Å². The van der Waals surface area contributed by atoms with Gasteiger partial charge in [-0.1, -0.05) is 11.6 Å². The number of nitrogens with two attached hydrogens (primary N) is 1. The van der Waals surface area contributed by atoms with Crippen molar-refractivity contribution in [2.75, 3.05) is 5.73 Å². The van der Waals surface area contributed by atoms with E-state index >= 15 is 0 Å². The predicted molar refractivity (Wildman–Crippen MR) is 61.4 cm³/mol. The highest BCUT2D eigenvalue weighted by molar-refractivity contribution is 6.32. The summed E-state index contributed by atoms with van der Waals surface area (Å²) in [6, 6.07) is 1.76. The Morgan fingerprint density at radius 1 is 1.31 bits per heavy atom. The van der Waals surface area contributed by atoms with Crippen LogP contribution in [-0.4, -0.2) is 19.7 Å². The quantitative estimate of drug-likeness (QED) is 0.576. The van der Waals surface area contributed by atoms with E-state index < -0.39 is 0 Å². The van der Waals surface area contributed by atoms with E-state index in [0.717, 1.165) is 29.9 Å². The normalized spacial score (nSPS) is 13.4. The van der Waals surface area contributed by atoms with Gasteiger partial charge in [-0.3, -0.25) is 4.68 Å². The van der Waals surface area contributed by atoms with Crippen molar-refractivity contribution in [2.45, 2.75) is 13.0 Å². The predicted octanol–water partition coefficient (Wildman–Crippen LogP) is 1.79. The molecule has 0 radical (unpaired) electrons. The van der Waals surface area contributed by atoms with Gasteiger partial charge >= 0.3 is 0 Å². The third-order valence-corrected chi connectivity index (χ3v) is 3.03. The van der Waals surface area contributed by atoms with Crippen LogP contribution >= 0.6 is 23.2 Å².